The lowest BCUT2D eigenvalue weighted by Gasteiger charge is -2.41. The van der Waals surface area contributed by atoms with Gasteiger partial charge in [0, 0.05) is 12.8 Å². The molecular formula is C46H87O13P. The first kappa shape index (κ1) is 56.6. The van der Waals surface area contributed by atoms with Crippen LogP contribution in [0.25, 0.3) is 0 Å². The number of phosphoric acid groups is 1. The number of carbonyl (C=O) groups excluding carboxylic acids is 2. The van der Waals surface area contributed by atoms with Crippen LogP contribution in [0.4, 0.5) is 0 Å². The second-order valence-electron chi connectivity index (χ2n) is 17.0. The summed E-state index contributed by atoms with van der Waals surface area (Å²) in [6.07, 6.45) is 25.5. The number of aliphatic hydroxyl groups excluding tert-OH is 5. The van der Waals surface area contributed by atoms with Crippen molar-refractivity contribution < 1.29 is 63.1 Å². The second-order valence-corrected chi connectivity index (χ2v) is 18.4. The van der Waals surface area contributed by atoms with Gasteiger partial charge in [-0.05, 0) is 38.5 Å². The zero-order chi connectivity index (χ0) is 44.3. The fraction of sp³-hybridized carbons (Fsp3) is 0.913. The van der Waals surface area contributed by atoms with E-state index in [9.17, 15) is 44.6 Å². The summed E-state index contributed by atoms with van der Waals surface area (Å²) in [4.78, 5) is 35.7. The number of phosphoric ester groups is 1. The van der Waals surface area contributed by atoms with Crippen molar-refractivity contribution in [2.45, 2.75) is 256 Å². The Balaban J connectivity index is 2.44. The fourth-order valence-electron chi connectivity index (χ4n) is 7.46. The summed E-state index contributed by atoms with van der Waals surface area (Å²) < 4.78 is 33.6. The summed E-state index contributed by atoms with van der Waals surface area (Å²) in [5.74, 6) is -1.09. The third-order valence-corrected chi connectivity index (χ3v) is 12.3. The minimum atomic E-state index is -5.11. The van der Waals surface area contributed by atoms with E-state index in [1.807, 2.05) is 0 Å². The fourth-order valence-corrected chi connectivity index (χ4v) is 8.43. The lowest BCUT2D eigenvalue weighted by molar-refractivity contribution is -0.220. The van der Waals surface area contributed by atoms with Crippen molar-refractivity contribution in [3.8, 4) is 0 Å². The third kappa shape index (κ3) is 29.0. The van der Waals surface area contributed by atoms with Gasteiger partial charge in [-0.25, -0.2) is 4.57 Å². The number of allylic oxidation sites excluding steroid dienone is 2. The van der Waals surface area contributed by atoms with Crippen LogP contribution in [0.2, 0.25) is 0 Å². The van der Waals surface area contributed by atoms with E-state index in [1.165, 1.54) is 122 Å². The largest absolute Gasteiger partial charge is 0.472 e. The highest BCUT2D eigenvalue weighted by molar-refractivity contribution is 7.47. The van der Waals surface area contributed by atoms with Gasteiger partial charge in [-0.2, -0.15) is 0 Å². The number of unbranched alkanes of at least 4 members (excludes halogenated alkanes) is 26. The Morgan fingerprint density at radius 1 is 0.500 bits per heavy atom. The first-order chi connectivity index (χ1) is 28.9. The Kier molecular flexibility index (Phi) is 34.9. The Morgan fingerprint density at radius 3 is 1.27 bits per heavy atom. The first-order valence-corrected chi connectivity index (χ1v) is 25.5. The minimum Gasteiger partial charge on any atom is -0.462 e. The van der Waals surface area contributed by atoms with Crippen molar-refractivity contribution in [3.05, 3.63) is 12.2 Å². The van der Waals surface area contributed by atoms with Gasteiger partial charge in [0.2, 0.25) is 0 Å². The van der Waals surface area contributed by atoms with Crippen LogP contribution in [0.5, 0.6) is 0 Å². The van der Waals surface area contributed by atoms with E-state index in [4.69, 9.17) is 18.5 Å². The van der Waals surface area contributed by atoms with Crippen LogP contribution in [0.15, 0.2) is 12.2 Å². The Morgan fingerprint density at radius 2 is 0.850 bits per heavy atom. The van der Waals surface area contributed by atoms with Gasteiger partial charge < -0.3 is 39.9 Å². The molecule has 0 amide bonds. The molecular weight excluding hydrogens is 791 g/mol. The number of hydrogen-bond donors (Lipinski definition) is 6. The van der Waals surface area contributed by atoms with E-state index in [2.05, 4.69) is 26.0 Å². The number of carbonyl (C=O) groups is 2. The molecule has 6 unspecified atom stereocenters. The highest BCUT2D eigenvalue weighted by Crippen LogP contribution is 2.47. The molecule has 1 saturated carbocycles. The second kappa shape index (κ2) is 37.0. The van der Waals surface area contributed by atoms with E-state index < -0.39 is 75.7 Å². The summed E-state index contributed by atoms with van der Waals surface area (Å²) in [5, 5.41) is 50.2. The molecule has 0 bridgehead atoms. The van der Waals surface area contributed by atoms with Crippen LogP contribution in [0.3, 0.4) is 0 Å². The minimum absolute atomic E-state index is 0.0960. The average molecular weight is 879 g/mol. The highest BCUT2D eigenvalue weighted by atomic mass is 31.2. The molecule has 1 aliphatic rings. The van der Waals surface area contributed by atoms with Gasteiger partial charge in [0.05, 0.1) is 6.61 Å². The van der Waals surface area contributed by atoms with Crippen molar-refractivity contribution in [1.82, 2.24) is 0 Å². The zero-order valence-electron chi connectivity index (χ0n) is 37.5. The lowest BCUT2D eigenvalue weighted by atomic mass is 9.85. The maximum absolute atomic E-state index is 12.8. The standard InChI is InChI=1S/C46H87O13P/c1-3-5-7-9-11-13-15-17-19-20-21-23-25-27-29-31-33-35-40(48)58-38(37-57-60(54,55)59-46-44(52)42(50)41(49)43(51)45(46)53)36-56-39(47)34-32-30-28-26-24-22-18-16-14-12-10-8-6-4-2/h17,19,38,41-46,49-53H,3-16,18,20-37H2,1-2H3,(H,54,55)/b19-17-. The van der Waals surface area contributed by atoms with Crippen LogP contribution < -0.4 is 0 Å². The number of hydrogen-bond acceptors (Lipinski definition) is 12. The van der Waals surface area contributed by atoms with E-state index in [0.717, 1.165) is 51.4 Å². The first-order valence-electron chi connectivity index (χ1n) is 24.0. The number of esters is 2. The van der Waals surface area contributed by atoms with Crippen molar-refractivity contribution >= 4 is 19.8 Å². The summed E-state index contributed by atoms with van der Waals surface area (Å²) in [6, 6.07) is 0. The summed E-state index contributed by atoms with van der Waals surface area (Å²) in [6.45, 7) is 3.31. The molecule has 0 spiro atoms. The van der Waals surface area contributed by atoms with Crippen molar-refractivity contribution in [1.29, 1.82) is 0 Å². The maximum Gasteiger partial charge on any atom is 0.472 e. The molecule has 1 aliphatic carbocycles. The van der Waals surface area contributed by atoms with Gasteiger partial charge in [0.1, 0.15) is 43.2 Å². The van der Waals surface area contributed by atoms with Gasteiger partial charge in [0.15, 0.2) is 6.10 Å². The van der Waals surface area contributed by atoms with Gasteiger partial charge >= 0.3 is 19.8 Å². The molecule has 6 atom stereocenters. The van der Waals surface area contributed by atoms with Crippen LogP contribution in [-0.4, -0.2) is 98.3 Å². The Bertz CT molecular complexity index is 1110. The smallest absolute Gasteiger partial charge is 0.462 e. The quantitative estimate of drug-likeness (QED) is 0.0147. The van der Waals surface area contributed by atoms with Crippen molar-refractivity contribution in [2.75, 3.05) is 13.2 Å². The third-order valence-electron chi connectivity index (χ3n) is 11.4. The molecule has 0 aromatic carbocycles. The van der Waals surface area contributed by atoms with Gasteiger partial charge in [-0.3, -0.25) is 18.6 Å². The van der Waals surface area contributed by atoms with E-state index >= 15 is 0 Å². The van der Waals surface area contributed by atoms with Gasteiger partial charge in [-0.15, -0.1) is 0 Å². The Hall–Kier alpha value is -1.41. The molecule has 0 heterocycles. The molecule has 6 N–H and O–H groups in total. The summed E-state index contributed by atoms with van der Waals surface area (Å²) in [5.41, 5.74) is 0. The zero-order valence-corrected chi connectivity index (χ0v) is 38.4. The SMILES string of the molecule is CCCCCCCC/C=C\CCCCCCCCCC(=O)OC(COC(=O)CCCCCCCCCCCCCCCC)COP(=O)(O)OC1C(O)C(O)C(O)C(O)C1O. The van der Waals surface area contributed by atoms with Crippen LogP contribution >= 0.6 is 7.82 Å². The Labute approximate surface area is 363 Å². The average Bonchev–Trinajstić information content (AvgIpc) is 3.23. The molecule has 1 rings (SSSR count). The molecule has 60 heavy (non-hydrogen) atoms. The van der Waals surface area contributed by atoms with E-state index in [1.54, 1.807) is 0 Å². The molecule has 0 aromatic rings. The topological polar surface area (TPSA) is 210 Å². The predicted molar refractivity (Wildman–Crippen MR) is 235 cm³/mol. The molecule has 0 radical (unpaired) electrons. The predicted octanol–water partition coefficient (Wildman–Crippen LogP) is 9.45. The van der Waals surface area contributed by atoms with E-state index in [-0.39, 0.29) is 12.8 Å². The van der Waals surface area contributed by atoms with Gasteiger partial charge in [-0.1, -0.05) is 174 Å². The number of rotatable bonds is 40. The molecule has 1 fully saturated rings. The van der Waals surface area contributed by atoms with Crippen molar-refractivity contribution in [2.24, 2.45) is 0 Å². The monoisotopic (exact) mass is 879 g/mol. The van der Waals surface area contributed by atoms with Crippen LogP contribution in [-0.2, 0) is 32.7 Å². The lowest BCUT2D eigenvalue weighted by Crippen LogP contribution is -2.64. The molecule has 13 nitrogen and oxygen atoms in total. The van der Waals surface area contributed by atoms with Crippen LogP contribution in [0, 0.1) is 0 Å². The van der Waals surface area contributed by atoms with E-state index in [0.29, 0.717) is 12.8 Å². The summed E-state index contributed by atoms with van der Waals surface area (Å²) in [7, 11) is -5.11. The summed E-state index contributed by atoms with van der Waals surface area (Å²) >= 11 is 0. The van der Waals surface area contributed by atoms with Crippen molar-refractivity contribution in [3.63, 3.8) is 0 Å². The highest BCUT2D eigenvalue weighted by Gasteiger charge is 2.51. The number of aliphatic hydroxyl groups is 5. The molecule has 0 aliphatic heterocycles. The van der Waals surface area contributed by atoms with Gasteiger partial charge in [0.25, 0.3) is 0 Å². The molecule has 0 aromatic heterocycles. The molecule has 14 heteroatoms. The normalized spacial score (nSPS) is 22.2. The molecule has 0 saturated heterocycles. The molecule has 354 valence electrons. The maximum atomic E-state index is 12.8. The number of ether oxygens (including phenoxy) is 2. The van der Waals surface area contributed by atoms with Crippen LogP contribution in [0.1, 0.15) is 213 Å².